The van der Waals surface area contributed by atoms with Crippen molar-refractivity contribution in [2.45, 2.75) is 13.3 Å². The molecule has 108 valence electrons. The predicted octanol–water partition coefficient (Wildman–Crippen LogP) is 1.50. The van der Waals surface area contributed by atoms with Crippen LogP contribution in [0.25, 0.3) is 0 Å². The van der Waals surface area contributed by atoms with E-state index in [1.54, 1.807) is 6.92 Å². The third-order valence-electron chi connectivity index (χ3n) is 2.43. The summed E-state index contributed by atoms with van der Waals surface area (Å²) in [5.74, 6) is 4.32. The largest absolute Gasteiger partial charge is 0.408 e. The highest BCUT2D eigenvalue weighted by Crippen LogP contribution is 2.13. The fourth-order valence-electron chi connectivity index (χ4n) is 1.51. The summed E-state index contributed by atoms with van der Waals surface area (Å²) in [5.41, 5.74) is 0.290. The van der Waals surface area contributed by atoms with Gasteiger partial charge >= 0.3 is 6.01 Å². The van der Waals surface area contributed by atoms with Crippen LogP contribution in [0.3, 0.4) is 0 Å². The van der Waals surface area contributed by atoms with Crippen molar-refractivity contribution < 1.29 is 18.7 Å². The molecule has 1 amide bonds. The molecule has 1 aromatic carbocycles. The number of aromatic nitrogens is 2. The van der Waals surface area contributed by atoms with Crippen LogP contribution >= 0.6 is 0 Å². The second kappa shape index (κ2) is 6.63. The number of rotatable bonds is 3. The lowest BCUT2D eigenvalue weighted by Crippen LogP contribution is -2.14. The third-order valence-corrected chi connectivity index (χ3v) is 2.43. The molecule has 2 N–H and O–H groups in total. The van der Waals surface area contributed by atoms with Crippen molar-refractivity contribution in [1.82, 2.24) is 10.2 Å². The van der Waals surface area contributed by atoms with Crippen LogP contribution in [0.2, 0.25) is 0 Å². The fraction of sp³-hybridized carbons (Fsp3) is 0.214. The molecule has 0 spiro atoms. The van der Waals surface area contributed by atoms with Gasteiger partial charge in [-0.2, -0.15) is 0 Å². The molecule has 0 aliphatic rings. The van der Waals surface area contributed by atoms with Gasteiger partial charge in [0.25, 0.3) is 5.91 Å². The van der Waals surface area contributed by atoms with Gasteiger partial charge < -0.3 is 9.52 Å². The lowest BCUT2D eigenvalue weighted by Gasteiger charge is -2.03. The number of carbonyl (C=O) groups is 1. The van der Waals surface area contributed by atoms with E-state index in [-0.39, 0.29) is 24.1 Å². The summed E-state index contributed by atoms with van der Waals surface area (Å²) >= 11 is 0. The summed E-state index contributed by atoms with van der Waals surface area (Å²) < 4.78 is 18.7. The molecule has 0 saturated heterocycles. The second-order valence-electron chi connectivity index (χ2n) is 4.05. The fourth-order valence-corrected chi connectivity index (χ4v) is 1.51. The zero-order chi connectivity index (χ0) is 15.2. The quantitative estimate of drug-likeness (QED) is 0.836. The number of halogens is 1. The van der Waals surface area contributed by atoms with E-state index in [4.69, 9.17) is 9.52 Å². The molecular weight excluding hydrogens is 277 g/mol. The van der Waals surface area contributed by atoms with Crippen molar-refractivity contribution in [2.24, 2.45) is 0 Å². The first-order chi connectivity index (χ1) is 10.1. The molecular formula is C14H12FN3O3. The van der Waals surface area contributed by atoms with E-state index in [1.807, 2.05) is 0 Å². The van der Waals surface area contributed by atoms with Gasteiger partial charge in [-0.25, -0.2) is 4.39 Å². The molecule has 7 heteroatoms. The Hall–Kier alpha value is -2.72. The van der Waals surface area contributed by atoms with E-state index in [1.165, 1.54) is 12.1 Å². The second-order valence-corrected chi connectivity index (χ2v) is 4.05. The lowest BCUT2D eigenvalue weighted by atomic mass is 10.1. The molecule has 1 heterocycles. The minimum Gasteiger partial charge on any atom is -0.408 e. The molecule has 0 aliphatic heterocycles. The molecule has 0 fully saturated rings. The van der Waals surface area contributed by atoms with Crippen molar-refractivity contribution in [3.8, 4) is 11.8 Å². The Labute approximate surface area is 120 Å². The third kappa shape index (κ3) is 3.87. The Morgan fingerprint density at radius 2 is 2.29 bits per heavy atom. The molecule has 2 rings (SSSR count). The van der Waals surface area contributed by atoms with E-state index >= 15 is 0 Å². The Balaban J connectivity index is 2.20. The number of anilines is 1. The molecule has 0 bridgehead atoms. The standard InChI is InChI=1S/C14H12FN3O3/c1-9-17-18-14(21-9)16-13(20)11-8-10(4-2-3-7-19)5-6-12(11)15/h5-6,8,19H,3,7H2,1H3,(H,16,18,20). The molecule has 6 nitrogen and oxygen atoms in total. The van der Waals surface area contributed by atoms with Crippen molar-refractivity contribution in [2.75, 3.05) is 11.9 Å². The SMILES string of the molecule is Cc1nnc(NC(=O)c2cc(C#CCCO)ccc2F)o1. The van der Waals surface area contributed by atoms with Gasteiger partial charge in [-0.1, -0.05) is 16.9 Å². The summed E-state index contributed by atoms with van der Waals surface area (Å²) in [7, 11) is 0. The van der Waals surface area contributed by atoms with Crippen LogP contribution in [0.4, 0.5) is 10.4 Å². The summed E-state index contributed by atoms with van der Waals surface area (Å²) in [6.45, 7) is 1.51. The highest BCUT2D eigenvalue weighted by molar-refractivity contribution is 6.03. The Bertz CT molecular complexity index is 716. The number of nitrogens with one attached hydrogen (secondary N) is 1. The van der Waals surface area contributed by atoms with E-state index in [2.05, 4.69) is 27.4 Å². The Kier molecular flexibility index (Phi) is 4.64. The topological polar surface area (TPSA) is 88.2 Å². The summed E-state index contributed by atoms with van der Waals surface area (Å²) in [5, 5.41) is 18.1. The van der Waals surface area contributed by atoms with E-state index < -0.39 is 11.7 Å². The predicted molar refractivity (Wildman–Crippen MR) is 72.0 cm³/mol. The number of aryl methyl sites for hydroxylation is 1. The van der Waals surface area contributed by atoms with Crippen molar-refractivity contribution >= 4 is 11.9 Å². The maximum absolute atomic E-state index is 13.7. The van der Waals surface area contributed by atoms with Crippen LogP contribution in [0.5, 0.6) is 0 Å². The normalized spacial score (nSPS) is 9.86. The van der Waals surface area contributed by atoms with Crippen LogP contribution in [0, 0.1) is 24.6 Å². The summed E-state index contributed by atoms with van der Waals surface area (Å²) in [4.78, 5) is 12.0. The van der Waals surface area contributed by atoms with E-state index in [0.29, 0.717) is 12.0 Å². The number of aliphatic hydroxyl groups excluding tert-OH is 1. The van der Waals surface area contributed by atoms with E-state index in [0.717, 1.165) is 6.07 Å². The van der Waals surface area contributed by atoms with E-state index in [9.17, 15) is 9.18 Å². The molecule has 0 unspecified atom stereocenters. The minimum absolute atomic E-state index is 0.0575. The lowest BCUT2D eigenvalue weighted by molar-refractivity contribution is 0.102. The highest BCUT2D eigenvalue weighted by Gasteiger charge is 2.15. The zero-order valence-corrected chi connectivity index (χ0v) is 11.2. The summed E-state index contributed by atoms with van der Waals surface area (Å²) in [6, 6.07) is 3.82. The van der Waals surface area contributed by atoms with Crippen LogP contribution in [0.15, 0.2) is 22.6 Å². The number of nitrogens with zero attached hydrogens (tertiary/aromatic N) is 2. The van der Waals surface area contributed by atoms with Crippen LogP contribution in [0.1, 0.15) is 28.2 Å². The van der Waals surface area contributed by atoms with Gasteiger partial charge in [-0.15, -0.1) is 5.10 Å². The van der Waals surface area contributed by atoms with Crippen LogP contribution in [-0.2, 0) is 0 Å². The molecule has 0 saturated carbocycles. The van der Waals surface area contributed by atoms with Gasteiger partial charge in [0.2, 0.25) is 5.89 Å². The number of carbonyl (C=O) groups excluding carboxylic acids is 1. The number of benzene rings is 1. The van der Waals surface area contributed by atoms with Gasteiger partial charge in [-0.3, -0.25) is 10.1 Å². The number of amides is 1. The molecule has 21 heavy (non-hydrogen) atoms. The molecule has 0 atom stereocenters. The summed E-state index contributed by atoms with van der Waals surface area (Å²) in [6.07, 6.45) is 0.306. The van der Waals surface area contributed by atoms with Crippen molar-refractivity contribution in [1.29, 1.82) is 0 Å². The molecule has 2 aromatic rings. The Morgan fingerprint density at radius 1 is 1.48 bits per heavy atom. The molecule has 1 aromatic heterocycles. The van der Waals surface area contributed by atoms with Gasteiger partial charge in [-0.05, 0) is 18.2 Å². The first kappa shape index (κ1) is 14.7. The van der Waals surface area contributed by atoms with Crippen LogP contribution < -0.4 is 5.32 Å². The first-order valence-corrected chi connectivity index (χ1v) is 6.11. The monoisotopic (exact) mass is 289 g/mol. The van der Waals surface area contributed by atoms with Gasteiger partial charge in [0.15, 0.2) is 0 Å². The first-order valence-electron chi connectivity index (χ1n) is 6.11. The number of hydrogen-bond donors (Lipinski definition) is 2. The maximum Gasteiger partial charge on any atom is 0.322 e. The molecule has 0 radical (unpaired) electrons. The highest BCUT2D eigenvalue weighted by atomic mass is 19.1. The van der Waals surface area contributed by atoms with Gasteiger partial charge in [0.1, 0.15) is 5.82 Å². The molecule has 0 aliphatic carbocycles. The number of hydrogen-bond acceptors (Lipinski definition) is 5. The smallest absolute Gasteiger partial charge is 0.322 e. The van der Waals surface area contributed by atoms with Crippen molar-refractivity contribution in [3.05, 3.63) is 41.0 Å². The van der Waals surface area contributed by atoms with Crippen LogP contribution in [-0.4, -0.2) is 27.8 Å². The zero-order valence-electron chi connectivity index (χ0n) is 11.2. The minimum atomic E-state index is -0.707. The van der Waals surface area contributed by atoms with Gasteiger partial charge in [0, 0.05) is 18.9 Å². The maximum atomic E-state index is 13.7. The average Bonchev–Trinajstić information content (AvgIpc) is 2.86. The Morgan fingerprint density at radius 3 is 2.95 bits per heavy atom. The number of aliphatic hydroxyl groups is 1. The van der Waals surface area contributed by atoms with Gasteiger partial charge in [0.05, 0.1) is 12.2 Å². The average molecular weight is 289 g/mol. The van der Waals surface area contributed by atoms with Crippen molar-refractivity contribution in [3.63, 3.8) is 0 Å².